The van der Waals surface area contributed by atoms with Crippen LogP contribution in [0.3, 0.4) is 0 Å². The first-order valence-corrected chi connectivity index (χ1v) is 10.6. The van der Waals surface area contributed by atoms with Crippen molar-refractivity contribution in [2.24, 2.45) is 0 Å². The third-order valence-electron chi connectivity index (χ3n) is 3.95. The van der Waals surface area contributed by atoms with Gasteiger partial charge in [0, 0.05) is 5.75 Å². The highest BCUT2D eigenvalue weighted by molar-refractivity contribution is 7.99. The molecule has 0 amide bonds. The van der Waals surface area contributed by atoms with Crippen molar-refractivity contribution >= 4 is 23.7 Å². The summed E-state index contributed by atoms with van der Waals surface area (Å²) in [4.78, 5) is 23.9. The fraction of sp³-hybridized carbons (Fsp3) is 0.391. The van der Waals surface area contributed by atoms with Crippen LogP contribution in [0.15, 0.2) is 48.5 Å². The number of methoxy groups -OCH3 is 1. The van der Waals surface area contributed by atoms with E-state index in [0.29, 0.717) is 17.9 Å². The first-order valence-electron chi connectivity index (χ1n) is 9.54. The number of hydrogen-bond donors (Lipinski definition) is 0. The van der Waals surface area contributed by atoms with Gasteiger partial charge in [0.25, 0.3) is 0 Å². The molecule has 0 N–H and O–H groups in total. The topological polar surface area (TPSA) is 61.8 Å². The van der Waals surface area contributed by atoms with Crippen molar-refractivity contribution in [3.8, 4) is 5.75 Å². The van der Waals surface area contributed by atoms with E-state index in [4.69, 9.17) is 14.2 Å². The molecule has 0 radical (unpaired) electrons. The monoisotopic (exact) mass is 434 g/mol. The molecule has 2 aromatic rings. The Kier molecular flexibility index (Phi) is 8.72. The number of halogens is 1. The molecule has 7 heteroatoms. The molecule has 0 fully saturated rings. The van der Waals surface area contributed by atoms with Crippen LogP contribution in [0.4, 0.5) is 4.39 Å². The number of ether oxygens (including phenoxy) is 3. The summed E-state index contributed by atoms with van der Waals surface area (Å²) >= 11 is 1.44. The molecule has 1 unspecified atom stereocenters. The van der Waals surface area contributed by atoms with Crippen molar-refractivity contribution in [3.63, 3.8) is 0 Å². The van der Waals surface area contributed by atoms with Crippen molar-refractivity contribution in [1.82, 2.24) is 0 Å². The van der Waals surface area contributed by atoms with Crippen molar-refractivity contribution in [1.29, 1.82) is 0 Å². The number of carbonyl (C=O) groups is 2. The number of hydrogen-bond acceptors (Lipinski definition) is 6. The third-order valence-corrected chi connectivity index (χ3v) is 5.21. The molecule has 0 saturated heterocycles. The molecule has 0 bridgehead atoms. The lowest BCUT2D eigenvalue weighted by molar-refractivity contribution is -0.157. The van der Waals surface area contributed by atoms with E-state index in [2.05, 4.69) is 0 Å². The van der Waals surface area contributed by atoms with Gasteiger partial charge < -0.3 is 14.2 Å². The molecule has 0 aliphatic rings. The summed E-state index contributed by atoms with van der Waals surface area (Å²) in [6, 6.07) is 13.4. The zero-order valence-corrected chi connectivity index (χ0v) is 18.5. The van der Waals surface area contributed by atoms with Crippen molar-refractivity contribution in [3.05, 3.63) is 65.5 Å². The molecule has 0 saturated carbocycles. The fourth-order valence-electron chi connectivity index (χ4n) is 2.57. The molecule has 0 heterocycles. The predicted octanol–water partition coefficient (Wildman–Crippen LogP) is 4.56. The lowest BCUT2D eigenvalue weighted by atomic mass is 10.1. The smallest absolute Gasteiger partial charge is 0.344 e. The second-order valence-corrected chi connectivity index (χ2v) is 8.86. The summed E-state index contributed by atoms with van der Waals surface area (Å²) in [6.07, 6.45) is 0.477. The maximum Gasteiger partial charge on any atom is 0.344 e. The van der Waals surface area contributed by atoms with Gasteiger partial charge in [-0.1, -0.05) is 24.3 Å². The highest BCUT2D eigenvalue weighted by Gasteiger charge is 2.21. The second kappa shape index (κ2) is 11.0. The first-order chi connectivity index (χ1) is 14.2. The quantitative estimate of drug-likeness (QED) is 0.539. The van der Waals surface area contributed by atoms with E-state index in [9.17, 15) is 14.0 Å². The van der Waals surface area contributed by atoms with Gasteiger partial charge in [0.15, 0.2) is 6.61 Å². The molecular formula is C23H27FO5S. The van der Waals surface area contributed by atoms with Crippen LogP contribution in [0, 0.1) is 5.82 Å². The van der Waals surface area contributed by atoms with Gasteiger partial charge in [0.1, 0.15) is 22.4 Å². The summed E-state index contributed by atoms with van der Waals surface area (Å²) in [6.45, 7) is 5.22. The molecule has 2 rings (SSSR count). The normalized spacial score (nSPS) is 12.2. The Labute approximate surface area is 180 Å². The molecule has 1 atom stereocenters. The molecule has 0 aliphatic carbocycles. The summed E-state index contributed by atoms with van der Waals surface area (Å²) in [5.74, 6) is 0.0688. The zero-order chi connectivity index (χ0) is 22.1. The van der Waals surface area contributed by atoms with Gasteiger partial charge in [-0.15, -0.1) is 11.8 Å². The van der Waals surface area contributed by atoms with Crippen LogP contribution in [-0.4, -0.2) is 36.5 Å². The van der Waals surface area contributed by atoms with Gasteiger partial charge in [-0.3, -0.25) is 4.79 Å². The number of thioether (sulfide) groups is 1. The number of carbonyl (C=O) groups excluding carboxylic acids is 2. The van der Waals surface area contributed by atoms with Gasteiger partial charge in [0.2, 0.25) is 0 Å². The molecule has 0 aromatic heterocycles. The van der Waals surface area contributed by atoms with Crippen LogP contribution in [0.2, 0.25) is 0 Å². The Morgan fingerprint density at radius 2 is 1.60 bits per heavy atom. The van der Waals surface area contributed by atoms with Crippen LogP contribution in [0.1, 0.15) is 31.9 Å². The van der Waals surface area contributed by atoms with Crippen LogP contribution in [0.25, 0.3) is 0 Å². The second-order valence-electron chi connectivity index (χ2n) is 7.67. The van der Waals surface area contributed by atoms with E-state index in [1.54, 1.807) is 45.0 Å². The van der Waals surface area contributed by atoms with E-state index < -0.39 is 16.8 Å². The van der Waals surface area contributed by atoms with E-state index in [-0.39, 0.29) is 18.4 Å². The van der Waals surface area contributed by atoms with Gasteiger partial charge in [-0.2, -0.15) is 0 Å². The van der Waals surface area contributed by atoms with Crippen LogP contribution >= 0.6 is 11.8 Å². The summed E-state index contributed by atoms with van der Waals surface area (Å²) in [7, 11) is 1.36. The van der Waals surface area contributed by atoms with Crippen molar-refractivity contribution in [2.75, 3.05) is 13.7 Å². The predicted molar refractivity (Wildman–Crippen MR) is 115 cm³/mol. The third kappa shape index (κ3) is 8.45. The SMILES string of the molecule is COC(=O)C(Cc1ccc(OCC(=O)OC(C)(C)C)cc1)SCc1ccc(F)cc1. The Morgan fingerprint density at radius 3 is 2.17 bits per heavy atom. The van der Waals surface area contributed by atoms with Gasteiger partial charge >= 0.3 is 11.9 Å². The fourth-order valence-corrected chi connectivity index (χ4v) is 3.70. The van der Waals surface area contributed by atoms with Crippen molar-refractivity contribution in [2.45, 2.75) is 43.8 Å². The minimum Gasteiger partial charge on any atom is -0.482 e. The molecule has 5 nitrogen and oxygen atoms in total. The largest absolute Gasteiger partial charge is 0.482 e. The number of esters is 2. The highest BCUT2D eigenvalue weighted by atomic mass is 32.2. The number of benzene rings is 2. The molecule has 30 heavy (non-hydrogen) atoms. The van der Waals surface area contributed by atoms with E-state index in [0.717, 1.165) is 11.1 Å². The van der Waals surface area contributed by atoms with Crippen LogP contribution < -0.4 is 4.74 Å². The molecule has 162 valence electrons. The minimum absolute atomic E-state index is 0.172. The first kappa shape index (κ1) is 23.7. The van der Waals surface area contributed by atoms with E-state index in [1.807, 2.05) is 12.1 Å². The molecule has 2 aromatic carbocycles. The maximum absolute atomic E-state index is 13.0. The highest BCUT2D eigenvalue weighted by Crippen LogP contribution is 2.24. The zero-order valence-electron chi connectivity index (χ0n) is 17.6. The lowest BCUT2D eigenvalue weighted by Gasteiger charge is -2.19. The average Bonchev–Trinajstić information content (AvgIpc) is 2.70. The van der Waals surface area contributed by atoms with E-state index in [1.165, 1.54) is 31.0 Å². The lowest BCUT2D eigenvalue weighted by Crippen LogP contribution is -2.27. The van der Waals surface area contributed by atoms with Gasteiger partial charge in [-0.05, 0) is 62.6 Å². The molecular weight excluding hydrogens is 407 g/mol. The van der Waals surface area contributed by atoms with Crippen LogP contribution in [0.5, 0.6) is 5.75 Å². The van der Waals surface area contributed by atoms with E-state index >= 15 is 0 Å². The van der Waals surface area contributed by atoms with Crippen molar-refractivity contribution < 1.29 is 28.2 Å². The molecule has 0 spiro atoms. The Hall–Kier alpha value is -2.54. The van der Waals surface area contributed by atoms with Gasteiger partial charge in [0.05, 0.1) is 7.11 Å². The number of rotatable bonds is 9. The standard InChI is InChI=1S/C23H27FO5S/c1-23(2,3)29-21(25)14-28-19-11-7-16(8-12-19)13-20(22(26)27-4)30-15-17-5-9-18(24)10-6-17/h5-12,20H,13-15H2,1-4H3. The summed E-state index contributed by atoms with van der Waals surface area (Å²) in [5, 5.41) is -0.395. The van der Waals surface area contributed by atoms with Gasteiger partial charge in [-0.25, -0.2) is 9.18 Å². The Balaban J connectivity index is 1.91. The Bertz CT molecular complexity index is 828. The minimum atomic E-state index is -0.557. The van der Waals surface area contributed by atoms with Crippen LogP contribution in [-0.2, 0) is 31.2 Å². The summed E-state index contributed by atoms with van der Waals surface area (Å²) in [5.41, 5.74) is 1.31. The Morgan fingerprint density at radius 1 is 1.00 bits per heavy atom. The maximum atomic E-state index is 13.0. The summed E-state index contributed by atoms with van der Waals surface area (Å²) < 4.78 is 28.6. The molecule has 0 aliphatic heterocycles. The average molecular weight is 435 g/mol.